The van der Waals surface area contributed by atoms with E-state index in [0.717, 1.165) is 10.9 Å². The van der Waals surface area contributed by atoms with Crippen LogP contribution in [0.2, 0.25) is 0 Å². The number of esters is 1. The minimum Gasteiger partial charge on any atom is -0.493 e. The average Bonchev–Trinajstić information content (AvgIpc) is 3.49. The van der Waals surface area contributed by atoms with Gasteiger partial charge in [-0.1, -0.05) is 48.5 Å². The Bertz CT molecular complexity index is 1600. The van der Waals surface area contributed by atoms with Crippen molar-refractivity contribution in [3.8, 4) is 22.8 Å². The predicted molar refractivity (Wildman–Crippen MR) is 139 cm³/mol. The van der Waals surface area contributed by atoms with Gasteiger partial charge >= 0.3 is 5.97 Å². The van der Waals surface area contributed by atoms with Crippen molar-refractivity contribution >= 4 is 29.0 Å². The first-order valence-corrected chi connectivity index (χ1v) is 11.3. The van der Waals surface area contributed by atoms with Crippen molar-refractivity contribution in [2.75, 3.05) is 7.11 Å². The zero-order valence-electron chi connectivity index (χ0n) is 19.8. The Kier molecular flexibility index (Phi) is 6.72. The number of aromatic nitrogens is 1. The Morgan fingerprint density at radius 2 is 1.73 bits per heavy atom. The van der Waals surface area contributed by atoms with E-state index in [2.05, 4.69) is 10.5 Å². The number of fused-ring (bicyclic) bond motifs is 1. The van der Waals surface area contributed by atoms with Gasteiger partial charge in [0.1, 0.15) is 0 Å². The van der Waals surface area contributed by atoms with Crippen LogP contribution >= 0.6 is 0 Å². The minimum absolute atomic E-state index is 0.0782. The number of hydrogen-bond acceptors (Lipinski definition) is 7. The van der Waals surface area contributed by atoms with E-state index < -0.39 is 5.97 Å². The van der Waals surface area contributed by atoms with Gasteiger partial charge in [0, 0.05) is 10.9 Å². The van der Waals surface area contributed by atoms with Gasteiger partial charge in [0.15, 0.2) is 11.5 Å². The van der Waals surface area contributed by atoms with E-state index in [1.54, 1.807) is 30.3 Å². The third-order valence-corrected chi connectivity index (χ3v) is 5.52. The van der Waals surface area contributed by atoms with Crippen LogP contribution in [0.4, 0.5) is 0 Å². The normalized spacial score (nSPS) is 10.9. The summed E-state index contributed by atoms with van der Waals surface area (Å²) in [6, 6.07) is 26.9. The topological polar surface area (TPSA) is 103 Å². The number of amides is 1. The maximum Gasteiger partial charge on any atom is 0.379 e. The average molecular weight is 492 g/mol. The highest BCUT2D eigenvalue weighted by molar-refractivity contribution is 6.07. The lowest BCUT2D eigenvalue weighted by Crippen LogP contribution is -2.18. The number of rotatable bonds is 7. The second-order valence-electron chi connectivity index (χ2n) is 7.91. The molecule has 0 aliphatic heterocycles. The molecule has 3 aromatic carbocycles. The summed E-state index contributed by atoms with van der Waals surface area (Å²) in [5.74, 6) is -0.390. The Morgan fingerprint density at radius 1 is 0.919 bits per heavy atom. The number of carbonyl (C=O) groups excluding carboxylic acids is 2. The smallest absolute Gasteiger partial charge is 0.379 e. The number of hydrogen-bond donors (Lipinski definition) is 1. The second kappa shape index (κ2) is 10.6. The molecule has 1 N–H and O–H groups in total. The van der Waals surface area contributed by atoms with Crippen molar-refractivity contribution in [2.24, 2.45) is 5.10 Å². The van der Waals surface area contributed by atoms with E-state index in [1.165, 1.54) is 25.7 Å². The van der Waals surface area contributed by atoms with E-state index in [-0.39, 0.29) is 17.4 Å². The SMILES string of the molecule is COc1cc(/C=N\NC(=O)c2cc(-c3ccccc3)nc3ccccc23)ccc1OC(=O)c1ccco1. The number of pyridine rings is 1. The van der Waals surface area contributed by atoms with Gasteiger partial charge in [-0.15, -0.1) is 0 Å². The van der Waals surface area contributed by atoms with E-state index >= 15 is 0 Å². The third kappa shape index (κ3) is 5.23. The molecular formula is C29H21N3O5. The maximum absolute atomic E-state index is 13.1. The van der Waals surface area contributed by atoms with Gasteiger partial charge in [-0.2, -0.15) is 5.10 Å². The molecule has 2 heterocycles. The van der Waals surface area contributed by atoms with E-state index in [9.17, 15) is 9.59 Å². The van der Waals surface area contributed by atoms with Crippen molar-refractivity contribution < 1.29 is 23.5 Å². The molecule has 5 aromatic rings. The van der Waals surface area contributed by atoms with Crippen LogP contribution in [-0.4, -0.2) is 30.2 Å². The van der Waals surface area contributed by atoms with Gasteiger partial charge in [0.05, 0.1) is 36.4 Å². The molecule has 0 spiro atoms. The van der Waals surface area contributed by atoms with Crippen LogP contribution in [0.5, 0.6) is 11.5 Å². The van der Waals surface area contributed by atoms with Gasteiger partial charge < -0.3 is 13.9 Å². The zero-order chi connectivity index (χ0) is 25.6. The number of methoxy groups -OCH3 is 1. The molecule has 8 heteroatoms. The highest BCUT2D eigenvalue weighted by Gasteiger charge is 2.16. The first-order chi connectivity index (χ1) is 18.1. The highest BCUT2D eigenvalue weighted by Crippen LogP contribution is 2.29. The van der Waals surface area contributed by atoms with Crippen molar-refractivity contribution in [1.29, 1.82) is 0 Å². The summed E-state index contributed by atoms with van der Waals surface area (Å²) < 4.78 is 15.7. The van der Waals surface area contributed by atoms with E-state index in [1.807, 2.05) is 54.6 Å². The molecule has 182 valence electrons. The number of hydrazone groups is 1. The second-order valence-corrected chi connectivity index (χ2v) is 7.91. The molecule has 0 saturated carbocycles. The fourth-order valence-electron chi connectivity index (χ4n) is 3.74. The summed E-state index contributed by atoms with van der Waals surface area (Å²) in [4.78, 5) is 30.0. The molecule has 0 bridgehead atoms. The fraction of sp³-hybridized carbons (Fsp3) is 0.0345. The predicted octanol–water partition coefficient (Wildman–Crippen LogP) is 5.49. The van der Waals surface area contributed by atoms with Gasteiger partial charge in [0.25, 0.3) is 5.91 Å². The summed E-state index contributed by atoms with van der Waals surface area (Å²) in [7, 11) is 1.46. The first-order valence-electron chi connectivity index (χ1n) is 11.3. The molecule has 1 amide bonds. The minimum atomic E-state index is -0.642. The Labute approximate surface area is 212 Å². The third-order valence-electron chi connectivity index (χ3n) is 5.52. The summed E-state index contributed by atoms with van der Waals surface area (Å²) in [6.45, 7) is 0. The number of benzene rings is 3. The lowest BCUT2D eigenvalue weighted by molar-refractivity contribution is 0.0696. The lowest BCUT2D eigenvalue weighted by atomic mass is 10.0. The summed E-state index contributed by atoms with van der Waals surface area (Å²) in [5.41, 5.74) is 5.98. The van der Waals surface area contributed by atoms with Crippen molar-refractivity contribution in [1.82, 2.24) is 10.4 Å². The molecule has 0 aliphatic rings. The van der Waals surface area contributed by atoms with Crippen LogP contribution in [0.25, 0.3) is 22.2 Å². The van der Waals surface area contributed by atoms with Gasteiger partial charge in [0.2, 0.25) is 5.76 Å². The van der Waals surface area contributed by atoms with Crippen molar-refractivity contribution in [3.05, 3.63) is 114 Å². The molecule has 0 saturated heterocycles. The van der Waals surface area contributed by atoms with Crippen LogP contribution in [0.1, 0.15) is 26.5 Å². The molecule has 2 aromatic heterocycles. The summed E-state index contributed by atoms with van der Waals surface area (Å²) in [6.07, 6.45) is 2.86. The van der Waals surface area contributed by atoms with Gasteiger partial charge in [-0.3, -0.25) is 4.79 Å². The summed E-state index contributed by atoms with van der Waals surface area (Å²) in [5, 5.41) is 4.83. The van der Waals surface area contributed by atoms with Crippen molar-refractivity contribution in [2.45, 2.75) is 0 Å². The van der Waals surface area contributed by atoms with E-state index in [4.69, 9.17) is 18.9 Å². The molecule has 5 rings (SSSR count). The quantitative estimate of drug-likeness (QED) is 0.140. The van der Waals surface area contributed by atoms with Crippen LogP contribution in [0.15, 0.2) is 107 Å². The van der Waals surface area contributed by atoms with Crippen LogP contribution in [0.3, 0.4) is 0 Å². The first kappa shape index (κ1) is 23.5. The molecule has 0 radical (unpaired) electrons. The molecule has 0 atom stereocenters. The molecule has 0 aliphatic carbocycles. The fourth-order valence-corrected chi connectivity index (χ4v) is 3.74. The lowest BCUT2D eigenvalue weighted by Gasteiger charge is -2.09. The van der Waals surface area contributed by atoms with Gasteiger partial charge in [-0.25, -0.2) is 15.2 Å². The number of para-hydroxylation sites is 1. The molecule has 8 nitrogen and oxygen atoms in total. The molecular weight excluding hydrogens is 470 g/mol. The monoisotopic (exact) mass is 491 g/mol. The number of nitrogens with one attached hydrogen (secondary N) is 1. The summed E-state index contributed by atoms with van der Waals surface area (Å²) >= 11 is 0. The molecule has 0 fully saturated rings. The van der Waals surface area contributed by atoms with Crippen LogP contribution in [-0.2, 0) is 0 Å². The molecule has 37 heavy (non-hydrogen) atoms. The number of carbonyl (C=O) groups is 2. The molecule has 0 unspecified atom stereocenters. The maximum atomic E-state index is 13.1. The van der Waals surface area contributed by atoms with Crippen LogP contribution in [0, 0.1) is 0 Å². The van der Waals surface area contributed by atoms with Crippen molar-refractivity contribution in [3.63, 3.8) is 0 Å². The zero-order valence-corrected chi connectivity index (χ0v) is 19.8. The van der Waals surface area contributed by atoms with Crippen LogP contribution < -0.4 is 14.9 Å². The Hall–Kier alpha value is -5.24. The standard InChI is InChI=1S/C29H21N3O5/c1-35-27-16-19(13-14-25(27)37-29(34)26-12-7-15-36-26)18-30-32-28(33)22-17-24(20-8-3-2-4-9-20)31-23-11-6-5-10-21(22)23/h2-18H,1H3,(H,32,33)/b30-18-. The van der Waals surface area contributed by atoms with E-state index in [0.29, 0.717) is 28.1 Å². The number of furan rings is 1. The van der Waals surface area contributed by atoms with Gasteiger partial charge in [-0.05, 0) is 48.0 Å². The number of nitrogens with zero attached hydrogens (tertiary/aromatic N) is 2. The Balaban J connectivity index is 1.35. The highest BCUT2D eigenvalue weighted by atomic mass is 16.6. The largest absolute Gasteiger partial charge is 0.493 e. The Morgan fingerprint density at radius 3 is 2.51 bits per heavy atom. The number of ether oxygens (including phenoxy) is 2.